The van der Waals surface area contributed by atoms with Gasteiger partial charge in [0, 0.05) is 0 Å². The summed E-state index contributed by atoms with van der Waals surface area (Å²) in [6, 6.07) is 2.94. The molecule has 0 aliphatic carbocycles. The van der Waals surface area contributed by atoms with Gasteiger partial charge >= 0.3 is 11.9 Å². The number of hydrogen-bond donors (Lipinski definition) is 2. The normalized spacial score (nSPS) is 21.9. The summed E-state index contributed by atoms with van der Waals surface area (Å²) in [6.07, 6.45) is 20.6. The van der Waals surface area contributed by atoms with Crippen LogP contribution in [0.5, 0.6) is 0 Å². The Morgan fingerprint density at radius 2 is 0.921 bits per heavy atom. The Labute approximate surface area is 229 Å². The molecule has 1 aromatic rings. The zero-order valence-corrected chi connectivity index (χ0v) is 23.7. The Bertz CT molecular complexity index is 810. The summed E-state index contributed by atoms with van der Waals surface area (Å²) in [5.74, 6) is -1.97. The number of epoxide rings is 2. The van der Waals surface area contributed by atoms with Gasteiger partial charge in [-0.05, 0) is 74.6 Å². The summed E-state index contributed by atoms with van der Waals surface area (Å²) < 4.78 is 11.7. The van der Waals surface area contributed by atoms with Crippen molar-refractivity contribution in [3.8, 4) is 0 Å². The Kier molecular flexibility index (Phi) is 13.1. The molecule has 38 heavy (non-hydrogen) atoms. The van der Waals surface area contributed by atoms with Gasteiger partial charge in [0.25, 0.3) is 0 Å². The maximum Gasteiger partial charge on any atom is 0.335 e. The quantitative estimate of drug-likeness (QED) is 0.116. The second-order valence-electron chi connectivity index (χ2n) is 11.3. The van der Waals surface area contributed by atoms with E-state index in [-0.39, 0.29) is 23.3 Å². The van der Waals surface area contributed by atoms with E-state index in [9.17, 15) is 19.8 Å². The fraction of sp³-hybridized carbons (Fsp3) is 0.750. The SMILES string of the molecule is CCCCCCCC1OC1CCCc1c(C(=O)O)ccc(C(=O)O)c1CCCC1OC1CCCCCCC. The Balaban J connectivity index is 1.49. The first kappa shape index (κ1) is 30.6. The van der Waals surface area contributed by atoms with Crippen molar-refractivity contribution in [3.63, 3.8) is 0 Å². The van der Waals surface area contributed by atoms with Crippen LogP contribution in [0, 0.1) is 0 Å². The number of carbonyl (C=O) groups is 2. The molecule has 2 heterocycles. The van der Waals surface area contributed by atoms with Crippen LogP contribution in [0.2, 0.25) is 0 Å². The smallest absolute Gasteiger partial charge is 0.335 e. The lowest BCUT2D eigenvalue weighted by Crippen LogP contribution is -2.13. The molecule has 0 amide bonds. The van der Waals surface area contributed by atoms with Crippen molar-refractivity contribution in [3.05, 3.63) is 34.4 Å². The summed E-state index contributed by atoms with van der Waals surface area (Å²) in [5.41, 5.74) is 1.86. The Morgan fingerprint density at radius 3 is 1.26 bits per heavy atom. The van der Waals surface area contributed by atoms with Crippen LogP contribution < -0.4 is 0 Å². The lowest BCUT2D eigenvalue weighted by atomic mass is 9.88. The molecule has 0 saturated carbocycles. The maximum atomic E-state index is 12.0. The van der Waals surface area contributed by atoms with Gasteiger partial charge in [-0.25, -0.2) is 9.59 Å². The number of ether oxygens (including phenoxy) is 2. The van der Waals surface area contributed by atoms with E-state index in [1.54, 1.807) is 0 Å². The number of carboxylic acid groups (broad SMARTS) is 2. The van der Waals surface area contributed by atoms with Gasteiger partial charge in [-0.3, -0.25) is 0 Å². The number of carboxylic acids is 2. The zero-order chi connectivity index (χ0) is 27.3. The van der Waals surface area contributed by atoms with Gasteiger partial charge < -0.3 is 19.7 Å². The largest absolute Gasteiger partial charge is 0.478 e. The minimum absolute atomic E-state index is 0.238. The van der Waals surface area contributed by atoms with Gasteiger partial charge in [-0.15, -0.1) is 0 Å². The van der Waals surface area contributed by atoms with Gasteiger partial charge in [0.1, 0.15) is 0 Å². The minimum atomic E-state index is -0.987. The van der Waals surface area contributed by atoms with Crippen LogP contribution in [0.4, 0.5) is 0 Å². The summed E-state index contributed by atoms with van der Waals surface area (Å²) in [6.45, 7) is 4.45. The van der Waals surface area contributed by atoms with E-state index in [2.05, 4.69) is 13.8 Å². The van der Waals surface area contributed by atoms with E-state index >= 15 is 0 Å². The Hall–Kier alpha value is -1.92. The third-order valence-electron chi connectivity index (χ3n) is 8.28. The molecule has 0 spiro atoms. The molecule has 0 aromatic heterocycles. The third-order valence-corrected chi connectivity index (χ3v) is 8.28. The van der Waals surface area contributed by atoms with Crippen LogP contribution in [0.25, 0.3) is 0 Å². The summed E-state index contributed by atoms with van der Waals surface area (Å²) >= 11 is 0. The molecule has 0 radical (unpaired) electrons. The van der Waals surface area contributed by atoms with Crippen LogP contribution in [-0.4, -0.2) is 46.6 Å². The molecule has 2 aliphatic rings. The number of benzene rings is 1. The highest BCUT2D eigenvalue weighted by Crippen LogP contribution is 2.34. The van der Waals surface area contributed by atoms with Gasteiger partial charge in [0.05, 0.1) is 35.5 Å². The third kappa shape index (κ3) is 10.00. The molecule has 0 bridgehead atoms. The highest BCUT2D eigenvalue weighted by atomic mass is 16.6. The molecular weight excluding hydrogens is 480 g/mol. The molecule has 1 aromatic carbocycles. The van der Waals surface area contributed by atoms with Crippen LogP contribution in [0.15, 0.2) is 12.1 Å². The number of aromatic carboxylic acids is 2. The minimum Gasteiger partial charge on any atom is -0.478 e. The number of rotatable bonds is 22. The molecule has 2 aliphatic heterocycles. The second kappa shape index (κ2) is 16.2. The van der Waals surface area contributed by atoms with Crippen molar-refractivity contribution in [1.82, 2.24) is 0 Å². The zero-order valence-electron chi connectivity index (χ0n) is 23.7. The molecule has 2 N–H and O–H groups in total. The number of hydrogen-bond acceptors (Lipinski definition) is 4. The van der Waals surface area contributed by atoms with Crippen LogP contribution in [0.1, 0.15) is 148 Å². The first-order valence-electron chi connectivity index (χ1n) is 15.4. The topological polar surface area (TPSA) is 99.7 Å². The van der Waals surface area contributed by atoms with Crippen LogP contribution in [0.3, 0.4) is 0 Å². The molecule has 6 nitrogen and oxygen atoms in total. The van der Waals surface area contributed by atoms with Crippen molar-refractivity contribution in [2.24, 2.45) is 0 Å². The van der Waals surface area contributed by atoms with Crippen LogP contribution in [-0.2, 0) is 22.3 Å². The van der Waals surface area contributed by atoms with E-state index in [1.165, 1.54) is 76.3 Å². The lowest BCUT2D eigenvalue weighted by Gasteiger charge is -2.16. The van der Waals surface area contributed by atoms with Gasteiger partial charge in [0.2, 0.25) is 0 Å². The molecule has 2 saturated heterocycles. The van der Waals surface area contributed by atoms with Crippen molar-refractivity contribution in [1.29, 1.82) is 0 Å². The van der Waals surface area contributed by atoms with Crippen molar-refractivity contribution in [2.75, 3.05) is 0 Å². The molecule has 6 heteroatoms. The highest BCUT2D eigenvalue weighted by Gasteiger charge is 2.38. The summed E-state index contributed by atoms with van der Waals surface area (Å²) in [7, 11) is 0. The maximum absolute atomic E-state index is 12.0. The van der Waals surface area contributed by atoms with Gasteiger partial charge in [0.15, 0.2) is 0 Å². The average molecular weight is 531 g/mol. The molecule has 4 atom stereocenters. The number of unbranched alkanes of at least 4 members (excludes halogenated alkanes) is 8. The van der Waals surface area contributed by atoms with Crippen molar-refractivity contribution in [2.45, 2.75) is 154 Å². The Morgan fingerprint density at radius 1 is 0.579 bits per heavy atom. The standard InChI is InChI=1S/C32H50O6/c1-3-5-7-9-11-17-27-29(37-27)19-13-15-23-24(26(32(35)36)22-21-25(23)31(33)34)16-14-20-30-28(38-30)18-12-10-8-6-4-2/h21-22,27-30H,3-20H2,1-2H3,(H,33,34)(H,35,36). The molecule has 2 fully saturated rings. The molecule has 3 rings (SSSR count). The summed E-state index contributed by atoms with van der Waals surface area (Å²) in [5, 5.41) is 19.7. The van der Waals surface area contributed by atoms with Crippen molar-refractivity contribution < 1.29 is 29.3 Å². The van der Waals surface area contributed by atoms with Gasteiger partial charge in [-0.2, -0.15) is 0 Å². The fourth-order valence-corrected chi connectivity index (χ4v) is 5.90. The average Bonchev–Trinajstić information content (AvgIpc) is 3.81. The molecule has 4 unspecified atom stereocenters. The predicted molar refractivity (Wildman–Crippen MR) is 150 cm³/mol. The van der Waals surface area contributed by atoms with E-state index in [0.29, 0.717) is 36.2 Å². The first-order chi connectivity index (χ1) is 18.5. The van der Waals surface area contributed by atoms with E-state index in [1.807, 2.05) is 0 Å². The van der Waals surface area contributed by atoms with Gasteiger partial charge in [-0.1, -0.05) is 78.1 Å². The van der Waals surface area contributed by atoms with Crippen molar-refractivity contribution >= 4 is 11.9 Å². The first-order valence-corrected chi connectivity index (χ1v) is 15.4. The van der Waals surface area contributed by atoms with E-state index in [4.69, 9.17) is 9.47 Å². The monoisotopic (exact) mass is 530 g/mol. The fourth-order valence-electron chi connectivity index (χ4n) is 5.90. The molecule has 214 valence electrons. The predicted octanol–water partition coefficient (Wildman–Crippen LogP) is 7.98. The van der Waals surface area contributed by atoms with Crippen LogP contribution >= 0.6 is 0 Å². The lowest BCUT2D eigenvalue weighted by molar-refractivity contribution is 0.0679. The summed E-state index contributed by atoms with van der Waals surface area (Å²) in [4.78, 5) is 24.0. The second-order valence-corrected chi connectivity index (χ2v) is 11.3. The van der Waals surface area contributed by atoms with E-state index < -0.39 is 11.9 Å². The highest BCUT2D eigenvalue weighted by molar-refractivity contribution is 5.95. The van der Waals surface area contributed by atoms with E-state index in [0.717, 1.165) is 38.5 Å². The molecular formula is C32H50O6.